The number of amides is 1. The van der Waals surface area contributed by atoms with E-state index in [4.69, 9.17) is 20.4 Å². The van der Waals surface area contributed by atoms with E-state index in [0.29, 0.717) is 43.1 Å². The lowest BCUT2D eigenvalue weighted by molar-refractivity contribution is -0.116. The van der Waals surface area contributed by atoms with Crippen LogP contribution in [-0.4, -0.2) is 37.3 Å². The molecule has 0 heterocycles. The van der Waals surface area contributed by atoms with Gasteiger partial charge in [0.05, 0.1) is 12.8 Å². The van der Waals surface area contributed by atoms with Crippen LogP contribution in [0, 0.1) is 0 Å². The van der Waals surface area contributed by atoms with Crippen LogP contribution in [0.15, 0.2) is 23.4 Å². The zero-order valence-electron chi connectivity index (χ0n) is 12.3. The van der Waals surface area contributed by atoms with Crippen molar-refractivity contribution >= 4 is 17.4 Å². The number of anilines is 1. The summed E-state index contributed by atoms with van der Waals surface area (Å²) in [6.45, 7) is 3.06. The van der Waals surface area contributed by atoms with Crippen LogP contribution in [0.25, 0.3) is 0 Å². The molecule has 0 saturated heterocycles. The third-order valence-corrected chi connectivity index (χ3v) is 2.79. The van der Waals surface area contributed by atoms with E-state index in [1.54, 1.807) is 18.2 Å². The van der Waals surface area contributed by atoms with Gasteiger partial charge in [-0.05, 0) is 25.5 Å². The maximum Gasteiger partial charge on any atom is 0.224 e. The average molecular weight is 295 g/mol. The van der Waals surface area contributed by atoms with Crippen molar-refractivity contribution in [1.29, 1.82) is 0 Å². The first-order chi connectivity index (χ1) is 10.1. The van der Waals surface area contributed by atoms with Crippen molar-refractivity contribution in [2.45, 2.75) is 19.8 Å². The van der Waals surface area contributed by atoms with E-state index < -0.39 is 0 Å². The van der Waals surface area contributed by atoms with Gasteiger partial charge in [0.25, 0.3) is 0 Å². The van der Waals surface area contributed by atoms with E-state index in [2.05, 4.69) is 10.5 Å². The molecule has 1 aromatic carbocycles. The Bertz CT molecular complexity index is 503. The molecule has 21 heavy (non-hydrogen) atoms. The molecule has 0 atom stereocenters. The fraction of sp³-hybridized carbons (Fsp3) is 0.429. The first kappa shape index (κ1) is 16.8. The molecule has 0 spiro atoms. The quantitative estimate of drug-likeness (QED) is 0.222. The van der Waals surface area contributed by atoms with Gasteiger partial charge < -0.3 is 25.7 Å². The lowest BCUT2D eigenvalue weighted by Crippen LogP contribution is -2.20. The molecule has 1 amide bonds. The van der Waals surface area contributed by atoms with E-state index >= 15 is 0 Å². The minimum absolute atomic E-state index is 0.0986. The Morgan fingerprint density at radius 3 is 2.86 bits per heavy atom. The van der Waals surface area contributed by atoms with E-state index in [1.165, 1.54) is 7.11 Å². The van der Waals surface area contributed by atoms with Crippen molar-refractivity contribution in [1.82, 2.24) is 0 Å². The molecular formula is C14H21N3O4. The molecule has 7 nitrogen and oxygen atoms in total. The van der Waals surface area contributed by atoms with Crippen LogP contribution in [0.3, 0.4) is 0 Å². The monoisotopic (exact) mass is 295 g/mol. The van der Waals surface area contributed by atoms with Crippen LogP contribution in [-0.2, 0) is 9.53 Å². The lowest BCUT2D eigenvalue weighted by Gasteiger charge is -2.14. The van der Waals surface area contributed by atoms with Crippen molar-refractivity contribution < 1.29 is 19.5 Å². The van der Waals surface area contributed by atoms with Crippen LogP contribution in [0.4, 0.5) is 5.69 Å². The maximum absolute atomic E-state index is 11.9. The summed E-state index contributed by atoms with van der Waals surface area (Å²) in [6, 6.07) is 5.01. The Hall–Kier alpha value is -2.28. The number of carbonyl (C=O) groups excluding carboxylic acids is 1. The van der Waals surface area contributed by atoms with Crippen molar-refractivity contribution in [3.63, 3.8) is 0 Å². The normalized spacial score (nSPS) is 11.2. The van der Waals surface area contributed by atoms with E-state index in [-0.39, 0.29) is 11.7 Å². The second-order valence-corrected chi connectivity index (χ2v) is 4.22. The van der Waals surface area contributed by atoms with Gasteiger partial charge in [0, 0.05) is 25.2 Å². The lowest BCUT2D eigenvalue weighted by atomic mass is 10.1. The molecule has 116 valence electrons. The maximum atomic E-state index is 11.9. The van der Waals surface area contributed by atoms with Crippen LogP contribution < -0.4 is 15.8 Å². The summed E-state index contributed by atoms with van der Waals surface area (Å²) in [5, 5.41) is 14.5. The van der Waals surface area contributed by atoms with Gasteiger partial charge in [0.1, 0.15) is 5.75 Å². The summed E-state index contributed by atoms with van der Waals surface area (Å²) in [7, 11) is 1.48. The molecule has 1 aromatic rings. The number of oxime groups is 1. The highest BCUT2D eigenvalue weighted by Gasteiger charge is 2.15. The van der Waals surface area contributed by atoms with Crippen LogP contribution in [0.2, 0.25) is 0 Å². The average Bonchev–Trinajstić information content (AvgIpc) is 2.51. The molecule has 0 aliphatic heterocycles. The third-order valence-electron chi connectivity index (χ3n) is 2.79. The molecule has 0 fully saturated rings. The highest BCUT2D eigenvalue weighted by atomic mass is 16.5. The Morgan fingerprint density at radius 1 is 1.48 bits per heavy atom. The Morgan fingerprint density at radius 2 is 2.24 bits per heavy atom. The predicted octanol–water partition coefficient (Wildman–Crippen LogP) is 1.54. The number of para-hydroxylation sites is 1. The van der Waals surface area contributed by atoms with Gasteiger partial charge in [-0.25, -0.2) is 0 Å². The molecular weight excluding hydrogens is 274 g/mol. The van der Waals surface area contributed by atoms with E-state index in [0.717, 1.165) is 0 Å². The molecule has 0 aliphatic rings. The summed E-state index contributed by atoms with van der Waals surface area (Å²) in [4.78, 5) is 11.9. The zero-order valence-corrected chi connectivity index (χ0v) is 12.3. The van der Waals surface area contributed by atoms with Crippen LogP contribution in [0.1, 0.15) is 25.3 Å². The van der Waals surface area contributed by atoms with E-state index in [9.17, 15) is 4.79 Å². The second kappa shape index (κ2) is 8.80. The molecule has 0 bridgehead atoms. The number of rotatable bonds is 8. The number of amidine groups is 1. The fourth-order valence-corrected chi connectivity index (χ4v) is 1.78. The van der Waals surface area contributed by atoms with Crippen molar-refractivity contribution in [2.75, 3.05) is 25.6 Å². The Labute approximate surface area is 123 Å². The van der Waals surface area contributed by atoms with Crippen molar-refractivity contribution in [3.05, 3.63) is 23.8 Å². The molecule has 0 unspecified atom stereocenters. The topological polar surface area (TPSA) is 106 Å². The first-order valence-electron chi connectivity index (χ1n) is 6.66. The third kappa shape index (κ3) is 4.96. The van der Waals surface area contributed by atoms with Gasteiger partial charge in [0.15, 0.2) is 5.84 Å². The fourth-order valence-electron chi connectivity index (χ4n) is 1.78. The molecule has 7 heteroatoms. The number of nitrogens with two attached hydrogens (primary N) is 1. The zero-order chi connectivity index (χ0) is 15.7. The highest BCUT2D eigenvalue weighted by Crippen LogP contribution is 2.28. The minimum atomic E-state index is -0.189. The van der Waals surface area contributed by atoms with Crippen molar-refractivity contribution in [3.8, 4) is 5.75 Å². The number of ether oxygens (including phenoxy) is 2. The smallest absolute Gasteiger partial charge is 0.224 e. The molecule has 0 aliphatic carbocycles. The number of methoxy groups -OCH3 is 1. The molecule has 4 N–H and O–H groups in total. The SMILES string of the molecule is CCOCCCC(=O)Nc1c(OC)cccc1/C(N)=N/O. The predicted molar refractivity (Wildman–Crippen MR) is 79.9 cm³/mol. The molecule has 1 rings (SSSR count). The number of hydrogen-bond donors (Lipinski definition) is 3. The second-order valence-electron chi connectivity index (χ2n) is 4.22. The Kier molecular flexibility index (Phi) is 7.03. The van der Waals surface area contributed by atoms with Gasteiger partial charge in [-0.3, -0.25) is 4.79 Å². The largest absolute Gasteiger partial charge is 0.495 e. The number of benzene rings is 1. The van der Waals surface area contributed by atoms with Gasteiger partial charge in [-0.1, -0.05) is 11.2 Å². The number of nitrogens with zero attached hydrogens (tertiary/aromatic N) is 1. The van der Waals surface area contributed by atoms with Crippen LogP contribution in [0.5, 0.6) is 5.75 Å². The number of carbonyl (C=O) groups is 1. The van der Waals surface area contributed by atoms with Gasteiger partial charge in [-0.2, -0.15) is 0 Å². The summed E-state index contributed by atoms with van der Waals surface area (Å²) in [6.07, 6.45) is 0.932. The molecule has 0 aromatic heterocycles. The van der Waals surface area contributed by atoms with Crippen molar-refractivity contribution in [2.24, 2.45) is 10.9 Å². The minimum Gasteiger partial charge on any atom is -0.495 e. The summed E-state index contributed by atoms with van der Waals surface area (Å²) in [5.41, 5.74) is 6.39. The summed E-state index contributed by atoms with van der Waals surface area (Å²) >= 11 is 0. The van der Waals surface area contributed by atoms with Gasteiger partial charge in [0.2, 0.25) is 5.91 Å². The molecule has 0 radical (unpaired) electrons. The standard InChI is InChI=1S/C14H21N3O4/c1-3-21-9-5-8-12(18)16-13-10(14(15)17-19)6-4-7-11(13)20-2/h4,6-7,19H,3,5,8-9H2,1-2H3,(H2,15,17)(H,16,18). The van der Waals surface area contributed by atoms with Crippen LogP contribution >= 0.6 is 0 Å². The Balaban J connectivity index is 2.83. The highest BCUT2D eigenvalue weighted by molar-refractivity contribution is 6.06. The van der Waals surface area contributed by atoms with Gasteiger partial charge >= 0.3 is 0 Å². The first-order valence-corrected chi connectivity index (χ1v) is 6.66. The number of nitrogens with one attached hydrogen (secondary N) is 1. The molecule has 0 saturated carbocycles. The summed E-state index contributed by atoms with van der Waals surface area (Å²) in [5.74, 6) is 0.155. The van der Waals surface area contributed by atoms with Gasteiger partial charge in [-0.15, -0.1) is 0 Å². The summed E-state index contributed by atoms with van der Waals surface area (Å²) < 4.78 is 10.4. The number of hydrogen-bond acceptors (Lipinski definition) is 5. The van der Waals surface area contributed by atoms with E-state index in [1.807, 2.05) is 6.92 Å².